The second-order valence-electron chi connectivity index (χ2n) is 5.20. The zero-order valence-electron chi connectivity index (χ0n) is 11.0. The lowest BCUT2D eigenvalue weighted by molar-refractivity contribution is -0.137. The zero-order chi connectivity index (χ0) is 14.2. The number of carbonyl (C=O) groups excluding carboxylic acids is 2. The molecular weight excluding hydrogens is 244 g/mol. The minimum absolute atomic E-state index is 0.0352. The van der Waals surface area contributed by atoms with E-state index in [1.807, 2.05) is 0 Å². The molecule has 2 aliphatic rings. The predicted molar refractivity (Wildman–Crippen MR) is 70.3 cm³/mol. The van der Waals surface area contributed by atoms with Gasteiger partial charge in [0.25, 0.3) is 0 Å². The Morgan fingerprint density at radius 2 is 2.05 bits per heavy atom. The standard InChI is InChI=1S/C15H18O4/c1-8-4-5-11-10(3)15(18)19-14(11)6-9(2)13(17)7-12(8)16/h6,11,13-14,17H,1,3-5,7H2,2H3/b9-6-/t11-,13-,14-/m0/s1. The Morgan fingerprint density at radius 3 is 2.74 bits per heavy atom. The minimum Gasteiger partial charge on any atom is -0.454 e. The van der Waals surface area contributed by atoms with Gasteiger partial charge in [-0.05, 0) is 37.0 Å². The van der Waals surface area contributed by atoms with Crippen LogP contribution in [-0.2, 0) is 14.3 Å². The molecule has 19 heavy (non-hydrogen) atoms. The minimum atomic E-state index is -0.851. The lowest BCUT2D eigenvalue weighted by Gasteiger charge is -2.20. The number of ether oxygens (including phenoxy) is 1. The average Bonchev–Trinajstić information content (AvgIpc) is 2.61. The highest BCUT2D eigenvalue weighted by atomic mass is 16.5. The molecule has 4 nitrogen and oxygen atoms in total. The molecule has 0 aromatic carbocycles. The molecule has 0 spiro atoms. The van der Waals surface area contributed by atoms with Gasteiger partial charge < -0.3 is 9.84 Å². The molecule has 1 saturated heterocycles. The monoisotopic (exact) mass is 262 g/mol. The van der Waals surface area contributed by atoms with Gasteiger partial charge in [-0.15, -0.1) is 0 Å². The second-order valence-corrected chi connectivity index (χ2v) is 5.20. The number of aliphatic hydroxyl groups is 1. The first-order valence-electron chi connectivity index (χ1n) is 6.37. The van der Waals surface area contributed by atoms with Crippen molar-refractivity contribution in [2.45, 2.75) is 38.4 Å². The van der Waals surface area contributed by atoms with E-state index in [-0.39, 0.29) is 18.1 Å². The molecule has 0 amide bonds. The summed E-state index contributed by atoms with van der Waals surface area (Å²) in [5.41, 5.74) is 1.56. The number of allylic oxidation sites excluding steroid dienone is 1. The van der Waals surface area contributed by atoms with E-state index in [4.69, 9.17) is 4.74 Å². The molecule has 102 valence electrons. The quantitative estimate of drug-likeness (QED) is 0.410. The van der Waals surface area contributed by atoms with Crippen molar-refractivity contribution in [3.63, 3.8) is 0 Å². The number of ketones is 1. The summed E-state index contributed by atoms with van der Waals surface area (Å²) in [7, 11) is 0. The van der Waals surface area contributed by atoms with Crippen LogP contribution >= 0.6 is 0 Å². The van der Waals surface area contributed by atoms with E-state index in [9.17, 15) is 14.7 Å². The van der Waals surface area contributed by atoms with Crippen molar-refractivity contribution < 1.29 is 19.4 Å². The molecule has 0 saturated carbocycles. The third-order valence-corrected chi connectivity index (χ3v) is 3.83. The van der Waals surface area contributed by atoms with Crippen LogP contribution in [0.25, 0.3) is 0 Å². The summed E-state index contributed by atoms with van der Waals surface area (Å²) >= 11 is 0. The van der Waals surface area contributed by atoms with E-state index >= 15 is 0 Å². The summed E-state index contributed by atoms with van der Waals surface area (Å²) in [6.45, 7) is 9.23. The molecule has 4 heteroatoms. The largest absolute Gasteiger partial charge is 0.454 e. The van der Waals surface area contributed by atoms with Crippen molar-refractivity contribution in [2.75, 3.05) is 0 Å². The summed E-state index contributed by atoms with van der Waals surface area (Å²) in [5, 5.41) is 9.95. The fourth-order valence-electron chi connectivity index (χ4n) is 2.44. The van der Waals surface area contributed by atoms with Crippen LogP contribution in [0.15, 0.2) is 36.0 Å². The van der Waals surface area contributed by atoms with Crippen molar-refractivity contribution in [1.82, 2.24) is 0 Å². The van der Waals surface area contributed by atoms with Crippen molar-refractivity contribution in [3.8, 4) is 0 Å². The molecular formula is C15H18O4. The molecule has 1 fully saturated rings. The van der Waals surface area contributed by atoms with Gasteiger partial charge in [0, 0.05) is 17.9 Å². The van der Waals surface area contributed by atoms with Gasteiger partial charge in [0.1, 0.15) is 6.10 Å². The maximum atomic E-state index is 11.8. The summed E-state index contributed by atoms with van der Waals surface area (Å²) in [5.74, 6) is -0.670. The number of hydrogen-bond acceptors (Lipinski definition) is 4. The Morgan fingerprint density at radius 1 is 1.37 bits per heavy atom. The summed E-state index contributed by atoms with van der Waals surface area (Å²) < 4.78 is 5.25. The Balaban J connectivity index is 2.32. The molecule has 3 atom stereocenters. The van der Waals surface area contributed by atoms with Gasteiger partial charge in [-0.3, -0.25) is 4.79 Å². The van der Waals surface area contributed by atoms with Crippen molar-refractivity contribution in [3.05, 3.63) is 36.0 Å². The molecule has 0 aromatic rings. The molecule has 1 N–H and O–H groups in total. The third-order valence-electron chi connectivity index (χ3n) is 3.83. The first-order valence-corrected chi connectivity index (χ1v) is 6.37. The normalized spacial score (nSPS) is 35.5. The van der Waals surface area contributed by atoms with Crippen molar-refractivity contribution >= 4 is 11.8 Å². The fourth-order valence-corrected chi connectivity index (χ4v) is 2.44. The maximum absolute atomic E-state index is 11.8. The molecule has 1 aliphatic heterocycles. The Labute approximate surface area is 112 Å². The second kappa shape index (κ2) is 5.13. The van der Waals surface area contributed by atoms with Gasteiger partial charge in [0.15, 0.2) is 5.78 Å². The van der Waals surface area contributed by atoms with E-state index in [0.29, 0.717) is 29.6 Å². The van der Waals surface area contributed by atoms with E-state index in [2.05, 4.69) is 13.2 Å². The maximum Gasteiger partial charge on any atom is 0.334 e. The number of rotatable bonds is 0. The van der Waals surface area contributed by atoms with Gasteiger partial charge in [-0.25, -0.2) is 4.79 Å². The smallest absolute Gasteiger partial charge is 0.334 e. The topological polar surface area (TPSA) is 63.6 Å². The highest BCUT2D eigenvalue weighted by Crippen LogP contribution is 2.34. The highest BCUT2D eigenvalue weighted by Gasteiger charge is 2.38. The average molecular weight is 262 g/mol. The van der Waals surface area contributed by atoms with E-state index in [1.54, 1.807) is 13.0 Å². The van der Waals surface area contributed by atoms with Crippen LogP contribution in [-0.4, -0.2) is 29.1 Å². The van der Waals surface area contributed by atoms with E-state index in [1.165, 1.54) is 0 Å². The Kier molecular flexibility index (Phi) is 3.71. The van der Waals surface area contributed by atoms with E-state index in [0.717, 1.165) is 0 Å². The van der Waals surface area contributed by atoms with Gasteiger partial charge in [0.2, 0.25) is 0 Å². The number of carbonyl (C=O) groups is 2. The third kappa shape index (κ3) is 2.68. The fraction of sp³-hybridized carbons (Fsp3) is 0.467. The van der Waals surface area contributed by atoms with Crippen LogP contribution < -0.4 is 0 Å². The summed E-state index contributed by atoms with van der Waals surface area (Å²) in [4.78, 5) is 23.4. The van der Waals surface area contributed by atoms with Crippen molar-refractivity contribution in [2.24, 2.45) is 5.92 Å². The first-order chi connectivity index (χ1) is 8.90. The van der Waals surface area contributed by atoms with Gasteiger partial charge >= 0.3 is 5.97 Å². The van der Waals surface area contributed by atoms with Gasteiger partial charge in [-0.1, -0.05) is 13.2 Å². The SMILES string of the molecule is C=C1CC[C@H]2C(=C)C(=O)O[C@H]2/C=C(/C)[C@@H](O)CC1=O. The Bertz CT molecular complexity index is 486. The number of Topliss-reactive ketones (excluding diaryl/α,β-unsaturated/α-hetero) is 1. The zero-order valence-corrected chi connectivity index (χ0v) is 11.0. The molecule has 0 bridgehead atoms. The van der Waals surface area contributed by atoms with E-state index < -0.39 is 18.2 Å². The molecule has 2 rings (SSSR count). The van der Waals surface area contributed by atoms with Crippen LogP contribution in [0.2, 0.25) is 0 Å². The predicted octanol–water partition coefficient (Wildman–Crippen LogP) is 1.70. The lowest BCUT2D eigenvalue weighted by atomic mass is 9.86. The molecule has 1 aliphatic carbocycles. The molecule has 0 unspecified atom stereocenters. The van der Waals surface area contributed by atoms with Crippen LogP contribution in [0.3, 0.4) is 0 Å². The molecule has 1 heterocycles. The highest BCUT2D eigenvalue weighted by molar-refractivity contribution is 5.95. The van der Waals surface area contributed by atoms with Gasteiger partial charge in [-0.2, -0.15) is 0 Å². The van der Waals surface area contributed by atoms with Crippen LogP contribution in [0.5, 0.6) is 0 Å². The Hall–Kier alpha value is -1.68. The number of fused-ring (bicyclic) bond motifs is 1. The summed E-state index contributed by atoms with van der Waals surface area (Å²) in [6, 6.07) is 0. The number of aliphatic hydroxyl groups excluding tert-OH is 1. The van der Waals surface area contributed by atoms with Crippen LogP contribution in [0, 0.1) is 5.92 Å². The van der Waals surface area contributed by atoms with Crippen molar-refractivity contribution in [1.29, 1.82) is 0 Å². The molecule has 0 aromatic heterocycles. The summed E-state index contributed by atoms with van der Waals surface area (Å²) in [6.07, 6.45) is 1.63. The van der Waals surface area contributed by atoms with Gasteiger partial charge in [0.05, 0.1) is 6.10 Å². The van der Waals surface area contributed by atoms with Crippen LogP contribution in [0.1, 0.15) is 26.2 Å². The lowest BCUT2D eigenvalue weighted by Crippen LogP contribution is -2.22. The number of esters is 1. The first kappa shape index (κ1) is 13.7. The van der Waals surface area contributed by atoms with Crippen LogP contribution in [0.4, 0.5) is 0 Å². The number of hydrogen-bond donors (Lipinski definition) is 1. The molecule has 0 radical (unpaired) electrons.